The average Bonchev–Trinajstić information content (AvgIpc) is 3.27. The second-order valence-electron chi connectivity index (χ2n) is 15.4. The molecular formula is C56H54FN. The molecule has 2 heteroatoms. The second kappa shape index (κ2) is 18.4. The van der Waals surface area contributed by atoms with Crippen molar-refractivity contribution >= 4 is 54.9 Å². The molecule has 0 aliphatic heterocycles. The summed E-state index contributed by atoms with van der Waals surface area (Å²) in [6.07, 6.45) is 12.1. The molecule has 1 aliphatic rings. The molecule has 0 N–H and O–H groups in total. The molecule has 0 unspecified atom stereocenters. The van der Waals surface area contributed by atoms with Crippen molar-refractivity contribution in [3.8, 4) is 0 Å². The Morgan fingerprint density at radius 1 is 0.603 bits per heavy atom. The standard InChI is InChI=1S/C38H43N.C18H11F/c1-7-16-35(30(6)36-28(4)17-15-18-29(36)5)38(33-21-13-10-14-22-33)39-37(27(3)8-2)34-25-23-32(24-26-34)31-19-11-9-12-20-31;19-12-9-10-17-15-7-2-1-5-13(15)14-6-3-4-8-16(14)18(17)11-12/h10-11,13-15,17-26H,7-9,12,16H2,1-6H3;1-11H/b35-30+,37-27+,39-38+;. The summed E-state index contributed by atoms with van der Waals surface area (Å²) < 4.78 is 13.6. The van der Waals surface area contributed by atoms with Crippen molar-refractivity contribution in [1.82, 2.24) is 0 Å². The molecule has 7 aromatic carbocycles. The van der Waals surface area contributed by atoms with E-state index in [9.17, 15) is 4.39 Å². The number of aryl methyl sites for hydroxylation is 2. The van der Waals surface area contributed by atoms with Gasteiger partial charge in [-0.3, -0.25) is 0 Å². The zero-order valence-corrected chi connectivity index (χ0v) is 34.9. The van der Waals surface area contributed by atoms with Crippen molar-refractivity contribution in [1.29, 1.82) is 0 Å². The number of aliphatic imine (C=N–C) groups is 1. The molecule has 0 amide bonds. The topological polar surface area (TPSA) is 12.4 Å². The molecule has 1 nitrogen and oxygen atoms in total. The summed E-state index contributed by atoms with van der Waals surface area (Å²) in [5, 5.41) is 6.77. The summed E-state index contributed by atoms with van der Waals surface area (Å²) in [7, 11) is 0. The molecule has 0 heterocycles. The third-order valence-corrected chi connectivity index (χ3v) is 11.5. The van der Waals surface area contributed by atoms with E-state index in [2.05, 4.69) is 157 Å². The van der Waals surface area contributed by atoms with E-state index < -0.39 is 0 Å². The summed E-state index contributed by atoms with van der Waals surface area (Å²) in [6.45, 7) is 13.4. The highest BCUT2D eigenvalue weighted by molar-refractivity contribution is 6.25. The first-order valence-corrected chi connectivity index (χ1v) is 20.9. The van der Waals surface area contributed by atoms with E-state index in [0.29, 0.717) is 0 Å². The highest BCUT2D eigenvalue weighted by Gasteiger charge is 2.18. The van der Waals surface area contributed by atoms with Gasteiger partial charge in [-0.15, -0.1) is 0 Å². The van der Waals surface area contributed by atoms with E-state index in [4.69, 9.17) is 4.99 Å². The van der Waals surface area contributed by atoms with Crippen molar-refractivity contribution in [2.75, 3.05) is 0 Å². The zero-order valence-electron chi connectivity index (χ0n) is 34.9. The number of fused-ring (bicyclic) bond motifs is 6. The predicted octanol–water partition coefficient (Wildman–Crippen LogP) is 16.2. The number of allylic oxidation sites excluding steroid dienone is 7. The smallest absolute Gasteiger partial charge is 0.123 e. The van der Waals surface area contributed by atoms with Gasteiger partial charge in [0, 0.05) is 11.1 Å². The highest BCUT2D eigenvalue weighted by Crippen LogP contribution is 2.36. The predicted molar refractivity (Wildman–Crippen MR) is 251 cm³/mol. The summed E-state index contributed by atoms with van der Waals surface area (Å²) >= 11 is 0. The third kappa shape index (κ3) is 8.58. The number of halogens is 1. The first-order chi connectivity index (χ1) is 28.3. The Kier molecular flexibility index (Phi) is 12.7. The van der Waals surface area contributed by atoms with Crippen LogP contribution in [-0.2, 0) is 0 Å². The minimum atomic E-state index is -0.187. The fraction of sp³-hybridized carbons (Fsp3) is 0.196. The fourth-order valence-corrected chi connectivity index (χ4v) is 8.41. The summed E-state index contributed by atoms with van der Waals surface area (Å²) in [5.74, 6) is -0.187. The number of benzene rings is 7. The molecular weight excluding hydrogens is 706 g/mol. The quantitative estimate of drug-likeness (QED) is 0.103. The van der Waals surface area contributed by atoms with Gasteiger partial charge in [0.25, 0.3) is 0 Å². The maximum atomic E-state index is 13.6. The van der Waals surface area contributed by atoms with Gasteiger partial charge in [0.2, 0.25) is 0 Å². The highest BCUT2D eigenvalue weighted by atomic mass is 19.1. The first kappa shape index (κ1) is 40.1. The lowest BCUT2D eigenvalue weighted by molar-refractivity contribution is 0.630. The molecule has 0 aromatic heterocycles. The van der Waals surface area contributed by atoms with Crippen LogP contribution in [0.3, 0.4) is 0 Å². The van der Waals surface area contributed by atoms with Crippen molar-refractivity contribution in [2.45, 2.75) is 73.6 Å². The Bertz CT molecular complexity index is 2680. The van der Waals surface area contributed by atoms with Crippen LogP contribution in [0.25, 0.3) is 49.2 Å². The molecule has 0 atom stereocenters. The lowest BCUT2D eigenvalue weighted by atomic mass is 9.87. The van der Waals surface area contributed by atoms with Crippen LogP contribution in [0.1, 0.15) is 93.2 Å². The molecule has 0 saturated carbocycles. The molecule has 8 rings (SSSR count). The van der Waals surface area contributed by atoms with Crippen LogP contribution < -0.4 is 0 Å². The molecule has 1 aliphatic carbocycles. The number of hydrogen-bond donors (Lipinski definition) is 0. The maximum absolute atomic E-state index is 13.6. The SMILES string of the molecule is CCCC(/C(=N/C(=C(\C)CC)c1ccc(C2=CCCC=C2)cc1)c1ccccc1)=C(/C)c1c(C)cccc1C.Fc1ccc2c3ccccc3c3ccccc3c2c1. The molecule has 58 heavy (non-hydrogen) atoms. The molecule has 0 radical (unpaired) electrons. The van der Waals surface area contributed by atoms with Crippen LogP contribution in [-0.4, -0.2) is 5.71 Å². The van der Waals surface area contributed by atoms with Crippen LogP contribution in [0.15, 0.2) is 174 Å². The van der Waals surface area contributed by atoms with E-state index >= 15 is 0 Å². The Labute approximate surface area is 344 Å². The van der Waals surface area contributed by atoms with Crippen LogP contribution >= 0.6 is 0 Å². The normalized spacial score (nSPS) is 13.8. The largest absolute Gasteiger partial charge is 0.248 e. The van der Waals surface area contributed by atoms with Crippen molar-refractivity contribution in [3.63, 3.8) is 0 Å². The molecule has 0 fully saturated rings. The van der Waals surface area contributed by atoms with Gasteiger partial charge in [0.1, 0.15) is 5.82 Å². The number of hydrogen-bond acceptors (Lipinski definition) is 1. The summed E-state index contributed by atoms with van der Waals surface area (Å²) in [5.41, 5.74) is 15.0. The lowest BCUT2D eigenvalue weighted by Crippen LogP contribution is -2.10. The van der Waals surface area contributed by atoms with Gasteiger partial charge in [-0.1, -0.05) is 166 Å². The molecule has 0 bridgehead atoms. The maximum Gasteiger partial charge on any atom is 0.123 e. The molecule has 7 aromatic rings. The number of rotatable bonds is 9. The van der Waals surface area contributed by atoms with Gasteiger partial charge < -0.3 is 0 Å². The van der Waals surface area contributed by atoms with Gasteiger partial charge in [0.05, 0.1) is 11.4 Å². The Balaban J connectivity index is 0.000000222. The average molecular weight is 760 g/mol. The van der Waals surface area contributed by atoms with Crippen LogP contribution in [0.2, 0.25) is 0 Å². The van der Waals surface area contributed by atoms with E-state index in [1.807, 2.05) is 30.3 Å². The summed E-state index contributed by atoms with van der Waals surface area (Å²) in [4.78, 5) is 5.56. The summed E-state index contributed by atoms with van der Waals surface area (Å²) in [6, 6.07) is 47.9. The fourth-order valence-electron chi connectivity index (χ4n) is 8.41. The third-order valence-electron chi connectivity index (χ3n) is 11.5. The van der Waals surface area contributed by atoms with Gasteiger partial charge in [-0.05, 0) is 142 Å². The van der Waals surface area contributed by atoms with Crippen molar-refractivity contribution in [2.24, 2.45) is 4.99 Å². The van der Waals surface area contributed by atoms with Gasteiger partial charge in [-0.2, -0.15) is 0 Å². The van der Waals surface area contributed by atoms with Crippen molar-refractivity contribution < 1.29 is 4.39 Å². The molecule has 290 valence electrons. The van der Waals surface area contributed by atoms with Crippen molar-refractivity contribution in [3.05, 3.63) is 208 Å². The minimum Gasteiger partial charge on any atom is -0.248 e. The number of nitrogens with zero attached hydrogens (tertiary/aromatic N) is 1. The van der Waals surface area contributed by atoms with E-state index in [1.165, 1.54) is 77.9 Å². The Hall–Kier alpha value is -6.12. The van der Waals surface area contributed by atoms with Gasteiger partial charge >= 0.3 is 0 Å². The minimum absolute atomic E-state index is 0.187. The van der Waals surface area contributed by atoms with Gasteiger partial charge in [0.15, 0.2) is 0 Å². The van der Waals surface area contributed by atoms with Gasteiger partial charge in [-0.25, -0.2) is 9.38 Å². The van der Waals surface area contributed by atoms with Crippen LogP contribution in [0, 0.1) is 19.7 Å². The second-order valence-corrected chi connectivity index (χ2v) is 15.4. The Morgan fingerprint density at radius 3 is 1.76 bits per heavy atom. The molecule has 0 spiro atoms. The van der Waals surface area contributed by atoms with E-state index in [1.54, 1.807) is 6.07 Å². The van der Waals surface area contributed by atoms with Crippen LogP contribution in [0.4, 0.5) is 4.39 Å². The zero-order chi connectivity index (χ0) is 40.6. The van der Waals surface area contributed by atoms with Crippen LogP contribution in [0.5, 0.6) is 0 Å². The monoisotopic (exact) mass is 759 g/mol. The van der Waals surface area contributed by atoms with E-state index in [0.717, 1.165) is 59.7 Å². The molecule has 0 saturated heterocycles. The Morgan fingerprint density at radius 2 is 1.19 bits per heavy atom. The van der Waals surface area contributed by atoms with E-state index in [-0.39, 0.29) is 5.82 Å². The lowest BCUT2D eigenvalue weighted by Gasteiger charge is -2.20. The first-order valence-electron chi connectivity index (χ1n) is 20.9.